The van der Waals surface area contributed by atoms with Crippen LogP contribution in [0.2, 0.25) is 0 Å². The van der Waals surface area contributed by atoms with Crippen molar-refractivity contribution < 1.29 is 13.9 Å². The first-order valence-corrected chi connectivity index (χ1v) is 9.42. The third-order valence-corrected chi connectivity index (χ3v) is 5.95. The third-order valence-electron chi connectivity index (χ3n) is 5.95. The molecule has 26 heavy (non-hydrogen) atoms. The predicted octanol–water partition coefficient (Wildman–Crippen LogP) is 3.08. The number of amides is 1. The molecule has 1 N–H and O–H groups in total. The minimum atomic E-state index is 0.00121. The Kier molecular flexibility index (Phi) is 5.09. The number of hydrogen-bond donors (Lipinski definition) is 1. The smallest absolute Gasteiger partial charge is 0.251 e. The fourth-order valence-corrected chi connectivity index (χ4v) is 4.25. The fraction of sp³-hybridized carbons (Fsp3) is 0.476. The lowest BCUT2D eigenvalue weighted by atomic mass is 9.69. The summed E-state index contributed by atoms with van der Waals surface area (Å²) in [6.07, 6.45) is 6.75. The maximum atomic E-state index is 12.6. The van der Waals surface area contributed by atoms with Gasteiger partial charge in [-0.3, -0.25) is 9.69 Å². The summed E-state index contributed by atoms with van der Waals surface area (Å²) in [5, 5.41) is 3.26. The Morgan fingerprint density at radius 2 is 1.96 bits per heavy atom. The quantitative estimate of drug-likeness (QED) is 0.917. The average Bonchev–Trinajstić information content (AvgIpc) is 3.19. The first-order chi connectivity index (χ1) is 12.8. The highest BCUT2D eigenvalue weighted by Gasteiger charge is 2.44. The van der Waals surface area contributed by atoms with Gasteiger partial charge in [-0.15, -0.1) is 0 Å². The Labute approximate surface area is 154 Å². The Balaban J connectivity index is 1.40. The molecule has 2 aliphatic heterocycles. The van der Waals surface area contributed by atoms with Gasteiger partial charge in [0.1, 0.15) is 0 Å². The van der Waals surface area contributed by atoms with Crippen molar-refractivity contribution in [1.29, 1.82) is 0 Å². The highest BCUT2D eigenvalue weighted by Crippen LogP contribution is 2.41. The van der Waals surface area contributed by atoms with Crippen LogP contribution in [0.15, 0.2) is 53.3 Å². The second-order valence-electron chi connectivity index (χ2n) is 7.49. The van der Waals surface area contributed by atoms with Gasteiger partial charge in [0.2, 0.25) is 0 Å². The van der Waals surface area contributed by atoms with Crippen molar-refractivity contribution in [2.75, 3.05) is 26.3 Å². The number of nitrogens with one attached hydrogen (secondary N) is 1. The number of carbonyl (C=O) groups is 1. The van der Waals surface area contributed by atoms with Crippen molar-refractivity contribution in [3.8, 4) is 0 Å². The summed E-state index contributed by atoms with van der Waals surface area (Å²) in [7, 11) is 0. The van der Waals surface area contributed by atoms with Crippen LogP contribution in [0.25, 0.3) is 0 Å². The van der Waals surface area contributed by atoms with Gasteiger partial charge in [-0.1, -0.05) is 18.2 Å². The van der Waals surface area contributed by atoms with E-state index < -0.39 is 0 Å². The molecule has 1 spiro atoms. The predicted molar refractivity (Wildman–Crippen MR) is 98.8 cm³/mol. The maximum Gasteiger partial charge on any atom is 0.251 e. The second kappa shape index (κ2) is 7.64. The summed E-state index contributed by atoms with van der Waals surface area (Å²) in [5.74, 6) is 0.00121. The van der Waals surface area contributed by atoms with Crippen LogP contribution in [0.1, 0.15) is 35.2 Å². The van der Waals surface area contributed by atoms with E-state index in [0.29, 0.717) is 12.2 Å². The molecule has 2 aliphatic rings. The van der Waals surface area contributed by atoms with Crippen LogP contribution in [0.4, 0.5) is 0 Å². The molecule has 0 aliphatic carbocycles. The summed E-state index contributed by atoms with van der Waals surface area (Å²) in [5.41, 5.74) is 2.09. The van der Waals surface area contributed by atoms with E-state index >= 15 is 0 Å². The molecule has 138 valence electrons. The standard InChI is InChI=1S/C21H26N2O3/c24-20(18-4-2-1-3-5-18)22-19-16-26-13-9-21(19)7-10-23(11-8-21)14-17-6-12-25-15-17/h1-6,12,15,19H,7-11,13-14,16H2,(H,22,24). The number of ether oxygens (including phenoxy) is 1. The fourth-order valence-electron chi connectivity index (χ4n) is 4.25. The molecule has 3 heterocycles. The summed E-state index contributed by atoms with van der Waals surface area (Å²) >= 11 is 0. The molecule has 4 rings (SSSR count). The number of likely N-dealkylation sites (tertiary alicyclic amines) is 1. The molecule has 1 aromatic carbocycles. The van der Waals surface area contributed by atoms with Crippen molar-refractivity contribution in [1.82, 2.24) is 10.2 Å². The number of nitrogens with zero attached hydrogens (tertiary/aromatic N) is 1. The van der Waals surface area contributed by atoms with Crippen molar-refractivity contribution in [3.63, 3.8) is 0 Å². The SMILES string of the molecule is O=C(NC1COCCC12CCN(Cc1ccoc1)CC2)c1ccccc1. The van der Waals surface area contributed by atoms with E-state index in [-0.39, 0.29) is 17.4 Å². The molecule has 1 aromatic heterocycles. The molecule has 5 heteroatoms. The zero-order valence-corrected chi connectivity index (χ0v) is 15.0. The zero-order valence-electron chi connectivity index (χ0n) is 15.0. The summed E-state index contributed by atoms with van der Waals surface area (Å²) in [6, 6.07) is 11.6. The van der Waals surface area contributed by atoms with Crippen molar-refractivity contribution in [3.05, 3.63) is 60.1 Å². The van der Waals surface area contributed by atoms with E-state index in [4.69, 9.17) is 9.15 Å². The summed E-state index contributed by atoms with van der Waals surface area (Å²) < 4.78 is 10.9. The van der Waals surface area contributed by atoms with Crippen LogP contribution in [0.3, 0.4) is 0 Å². The molecular weight excluding hydrogens is 328 g/mol. The van der Waals surface area contributed by atoms with Crippen molar-refractivity contribution >= 4 is 5.91 Å². The molecule has 0 radical (unpaired) electrons. The number of hydrogen-bond acceptors (Lipinski definition) is 4. The van der Waals surface area contributed by atoms with Crippen LogP contribution in [-0.2, 0) is 11.3 Å². The number of carbonyl (C=O) groups excluding carboxylic acids is 1. The van der Waals surface area contributed by atoms with Gasteiger partial charge < -0.3 is 14.5 Å². The van der Waals surface area contributed by atoms with Crippen LogP contribution in [0, 0.1) is 5.41 Å². The largest absolute Gasteiger partial charge is 0.472 e. The van der Waals surface area contributed by atoms with Gasteiger partial charge in [0.05, 0.1) is 25.2 Å². The van der Waals surface area contributed by atoms with Gasteiger partial charge in [0.15, 0.2) is 0 Å². The number of rotatable bonds is 4. The topological polar surface area (TPSA) is 54.7 Å². The molecule has 2 fully saturated rings. The Bertz CT molecular complexity index is 706. The zero-order chi connectivity index (χ0) is 17.8. The van der Waals surface area contributed by atoms with Crippen LogP contribution in [-0.4, -0.2) is 43.2 Å². The Hall–Kier alpha value is -2.11. The van der Waals surface area contributed by atoms with E-state index in [1.165, 1.54) is 5.56 Å². The van der Waals surface area contributed by atoms with Crippen LogP contribution >= 0.6 is 0 Å². The number of benzene rings is 1. The van der Waals surface area contributed by atoms with E-state index in [0.717, 1.165) is 45.5 Å². The van der Waals surface area contributed by atoms with E-state index in [1.807, 2.05) is 42.7 Å². The molecule has 1 atom stereocenters. The lowest BCUT2D eigenvalue weighted by Gasteiger charge is -2.49. The number of furan rings is 1. The minimum absolute atomic E-state index is 0.00121. The lowest BCUT2D eigenvalue weighted by Crippen LogP contribution is -2.57. The highest BCUT2D eigenvalue weighted by molar-refractivity contribution is 5.94. The summed E-state index contributed by atoms with van der Waals surface area (Å²) in [6.45, 7) is 4.43. The molecule has 1 unspecified atom stereocenters. The molecule has 5 nitrogen and oxygen atoms in total. The molecular formula is C21H26N2O3. The molecule has 2 saturated heterocycles. The molecule has 0 bridgehead atoms. The van der Waals surface area contributed by atoms with Crippen LogP contribution < -0.4 is 5.32 Å². The molecule has 1 amide bonds. The maximum absolute atomic E-state index is 12.6. The van der Waals surface area contributed by atoms with Crippen molar-refractivity contribution in [2.45, 2.75) is 31.8 Å². The van der Waals surface area contributed by atoms with Gasteiger partial charge in [-0.2, -0.15) is 0 Å². The van der Waals surface area contributed by atoms with Crippen LogP contribution in [0.5, 0.6) is 0 Å². The molecule has 2 aromatic rings. The molecule has 0 saturated carbocycles. The van der Waals surface area contributed by atoms with Gasteiger partial charge in [0.25, 0.3) is 5.91 Å². The monoisotopic (exact) mass is 354 g/mol. The van der Waals surface area contributed by atoms with Gasteiger partial charge in [-0.05, 0) is 56.0 Å². The van der Waals surface area contributed by atoms with E-state index in [9.17, 15) is 4.79 Å². The van der Waals surface area contributed by atoms with Crippen molar-refractivity contribution in [2.24, 2.45) is 5.41 Å². The highest BCUT2D eigenvalue weighted by atomic mass is 16.5. The van der Waals surface area contributed by atoms with E-state index in [1.54, 1.807) is 6.26 Å². The second-order valence-corrected chi connectivity index (χ2v) is 7.49. The van der Waals surface area contributed by atoms with Gasteiger partial charge >= 0.3 is 0 Å². The minimum Gasteiger partial charge on any atom is -0.472 e. The summed E-state index contributed by atoms with van der Waals surface area (Å²) in [4.78, 5) is 15.1. The van der Waals surface area contributed by atoms with Gasteiger partial charge in [-0.25, -0.2) is 0 Å². The van der Waals surface area contributed by atoms with E-state index in [2.05, 4.69) is 10.2 Å². The third kappa shape index (κ3) is 3.69. The Morgan fingerprint density at radius 1 is 1.15 bits per heavy atom. The first-order valence-electron chi connectivity index (χ1n) is 9.42. The average molecular weight is 354 g/mol. The normalized spacial score (nSPS) is 23.0. The van der Waals surface area contributed by atoms with Gasteiger partial charge in [0, 0.05) is 24.3 Å². The lowest BCUT2D eigenvalue weighted by molar-refractivity contribution is -0.0490. The first kappa shape index (κ1) is 17.3. The Morgan fingerprint density at radius 3 is 2.69 bits per heavy atom. The number of piperidine rings is 1.